The Balaban J connectivity index is 2.36. The summed E-state index contributed by atoms with van der Waals surface area (Å²) in [5, 5.41) is 0. The maximum absolute atomic E-state index is 12.1. The summed E-state index contributed by atoms with van der Waals surface area (Å²) in [6.45, 7) is 0.453. The third-order valence-electron chi connectivity index (χ3n) is 2.65. The van der Waals surface area contributed by atoms with Gasteiger partial charge in [0.1, 0.15) is 6.61 Å². The fraction of sp³-hybridized carbons (Fsp3) is 0.182. The lowest BCUT2D eigenvalue weighted by Gasteiger charge is -2.08. The number of hydrogen-bond acceptors (Lipinski definition) is 4. The molecule has 0 spiro atoms. The smallest absolute Gasteiger partial charge is 0.335 e. The van der Waals surface area contributed by atoms with Crippen LogP contribution in [-0.4, -0.2) is 25.7 Å². The highest BCUT2D eigenvalue weighted by atomic mass is 16.5. The van der Waals surface area contributed by atoms with Crippen LogP contribution in [0.2, 0.25) is 0 Å². The molecule has 0 N–H and O–H groups in total. The number of rotatable bonds is 1. The Bertz CT molecular complexity index is 693. The van der Waals surface area contributed by atoms with Gasteiger partial charge in [0.2, 0.25) is 0 Å². The van der Waals surface area contributed by atoms with Crippen molar-refractivity contribution in [2.24, 2.45) is 7.05 Å². The predicted molar refractivity (Wildman–Crippen MR) is 62.1 cm³/mol. The van der Waals surface area contributed by atoms with Gasteiger partial charge >= 0.3 is 5.69 Å². The van der Waals surface area contributed by atoms with Gasteiger partial charge in [-0.1, -0.05) is 0 Å². The van der Waals surface area contributed by atoms with Gasteiger partial charge in [-0.15, -0.1) is 0 Å². The second kappa shape index (κ2) is 3.58. The minimum absolute atomic E-state index is 0.163. The molecular formula is C11H10N4O2. The van der Waals surface area contributed by atoms with Crippen molar-refractivity contribution in [1.29, 1.82) is 0 Å². The maximum atomic E-state index is 12.1. The van der Waals surface area contributed by atoms with E-state index in [0.717, 1.165) is 5.70 Å². The number of hydrogen-bond donors (Lipinski definition) is 0. The first-order valence-electron chi connectivity index (χ1n) is 5.16. The number of nitrogens with zero attached hydrogens (tertiary/aromatic N) is 4. The van der Waals surface area contributed by atoms with Gasteiger partial charge in [0.15, 0.2) is 11.3 Å². The summed E-state index contributed by atoms with van der Waals surface area (Å²) in [7, 11) is 1.68. The maximum Gasteiger partial charge on any atom is 0.335 e. The number of fused-ring (bicyclic) bond motifs is 1. The predicted octanol–water partition coefficient (Wildman–Crippen LogP) is 0.515. The molecule has 1 aliphatic rings. The summed E-state index contributed by atoms with van der Waals surface area (Å²) in [5.74, 6) is 0. The lowest BCUT2D eigenvalue weighted by atomic mass is 10.3. The topological polar surface area (TPSA) is 61.9 Å². The van der Waals surface area contributed by atoms with E-state index in [-0.39, 0.29) is 5.69 Å². The van der Waals surface area contributed by atoms with Gasteiger partial charge in [-0.25, -0.2) is 19.3 Å². The van der Waals surface area contributed by atoms with E-state index in [1.165, 1.54) is 9.13 Å². The van der Waals surface area contributed by atoms with Gasteiger partial charge in [0.25, 0.3) is 0 Å². The van der Waals surface area contributed by atoms with Gasteiger partial charge in [-0.3, -0.25) is 4.57 Å². The first-order chi connectivity index (χ1) is 8.29. The molecule has 0 aromatic carbocycles. The van der Waals surface area contributed by atoms with Crippen molar-refractivity contribution >= 4 is 17.0 Å². The molecule has 0 unspecified atom stereocenters. The molecule has 17 heavy (non-hydrogen) atoms. The highest BCUT2D eigenvalue weighted by molar-refractivity contribution is 5.74. The van der Waals surface area contributed by atoms with Crippen molar-refractivity contribution in [3.05, 3.63) is 41.3 Å². The van der Waals surface area contributed by atoms with Crippen molar-refractivity contribution in [2.75, 3.05) is 6.61 Å². The van der Waals surface area contributed by atoms with Crippen molar-refractivity contribution in [2.45, 2.75) is 0 Å². The summed E-state index contributed by atoms with van der Waals surface area (Å²) in [6.07, 6.45) is 8.27. The number of ether oxygens (including phenoxy) is 1. The van der Waals surface area contributed by atoms with Crippen molar-refractivity contribution in [3.8, 4) is 0 Å². The molecule has 2 aromatic rings. The number of imidazole rings is 1. The van der Waals surface area contributed by atoms with Gasteiger partial charge in [0.05, 0.1) is 12.0 Å². The molecule has 0 amide bonds. The van der Waals surface area contributed by atoms with Crippen LogP contribution in [0, 0.1) is 0 Å². The van der Waals surface area contributed by atoms with Crippen LogP contribution in [0.15, 0.2) is 35.6 Å². The molecule has 0 aliphatic carbocycles. The van der Waals surface area contributed by atoms with Gasteiger partial charge in [0, 0.05) is 19.4 Å². The van der Waals surface area contributed by atoms with Crippen LogP contribution < -0.4 is 5.69 Å². The highest BCUT2D eigenvalue weighted by Crippen LogP contribution is 2.14. The zero-order valence-electron chi connectivity index (χ0n) is 9.20. The third kappa shape index (κ3) is 1.37. The van der Waals surface area contributed by atoms with E-state index in [4.69, 9.17) is 4.74 Å². The molecule has 3 rings (SSSR count). The Morgan fingerprint density at radius 2 is 2.06 bits per heavy atom. The second-order valence-electron chi connectivity index (χ2n) is 3.65. The number of aromatic nitrogens is 4. The Morgan fingerprint density at radius 3 is 2.76 bits per heavy atom. The van der Waals surface area contributed by atoms with Crippen LogP contribution in [0.5, 0.6) is 0 Å². The Morgan fingerprint density at radius 1 is 1.29 bits per heavy atom. The first-order valence-corrected chi connectivity index (χ1v) is 5.16. The fourth-order valence-corrected chi connectivity index (χ4v) is 1.82. The fourth-order valence-electron chi connectivity index (χ4n) is 1.82. The summed E-state index contributed by atoms with van der Waals surface area (Å²) >= 11 is 0. The van der Waals surface area contributed by atoms with E-state index in [9.17, 15) is 4.79 Å². The monoisotopic (exact) mass is 230 g/mol. The van der Waals surface area contributed by atoms with E-state index in [2.05, 4.69) is 9.97 Å². The molecule has 2 aromatic heterocycles. The van der Waals surface area contributed by atoms with Crippen molar-refractivity contribution < 1.29 is 4.74 Å². The second-order valence-corrected chi connectivity index (χ2v) is 3.65. The van der Waals surface area contributed by atoms with Crippen LogP contribution in [0.25, 0.3) is 17.0 Å². The Labute approximate surface area is 96.5 Å². The van der Waals surface area contributed by atoms with Crippen LogP contribution in [0.3, 0.4) is 0 Å². The molecule has 1 aliphatic heterocycles. The van der Waals surface area contributed by atoms with E-state index >= 15 is 0 Å². The molecular weight excluding hydrogens is 220 g/mol. The quantitative estimate of drug-likeness (QED) is 0.716. The molecule has 0 atom stereocenters. The van der Waals surface area contributed by atoms with E-state index < -0.39 is 0 Å². The molecule has 0 radical (unpaired) electrons. The van der Waals surface area contributed by atoms with Crippen molar-refractivity contribution in [1.82, 2.24) is 19.1 Å². The molecule has 3 heterocycles. The van der Waals surface area contributed by atoms with E-state index in [1.807, 2.05) is 6.08 Å². The number of allylic oxidation sites excluding steroid dienone is 2. The van der Waals surface area contributed by atoms with Gasteiger partial charge in [-0.05, 0) is 12.2 Å². The van der Waals surface area contributed by atoms with Crippen LogP contribution >= 0.6 is 0 Å². The average Bonchev–Trinajstić information content (AvgIpc) is 2.64. The van der Waals surface area contributed by atoms with Gasteiger partial charge < -0.3 is 4.74 Å². The lowest BCUT2D eigenvalue weighted by Crippen LogP contribution is -2.22. The first kappa shape index (κ1) is 9.83. The summed E-state index contributed by atoms with van der Waals surface area (Å²) < 4.78 is 8.07. The molecule has 0 fully saturated rings. The van der Waals surface area contributed by atoms with Crippen LogP contribution in [0.4, 0.5) is 0 Å². The molecule has 86 valence electrons. The lowest BCUT2D eigenvalue weighted by molar-refractivity contribution is 0.286. The van der Waals surface area contributed by atoms with Crippen LogP contribution in [0.1, 0.15) is 0 Å². The minimum Gasteiger partial charge on any atom is -0.497 e. The largest absolute Gasteiger partial charge is 0.497 e. The molecule has 0 bridgehead atoms. The zero-order chi connectivity index (χ0) is 11.8. The zero-order valence-corrected chi connectivity index (χ0v) is 9.20. The van der Waals surface area contributed by atoms with Crippen molar-refractivity contribution in [3.63, 3.8) is 0 Å². The van der Waals surface area contributed by atoms with E-state index in [0.29, 0.717) is 17.9 Å². The highest BCUT2D eigenvalue weighted by Gasteiger charge is 2.15. The van der Waals surface area contributed by atoms with Crippen LogP contribution in [-0.2, 0) is 11.8 Å². The molecule has 0 saturated heterocycles. The summed E-state index contributed by atoms with van der Waals surface area (Å²) in [6, 6.07) is 0. The SMILES string of the molecule is Cn1c(=O)n(C2=CCOC=C2)c2nccnc21. The summed E-state index contributed by atoms with van der Waals surface area (Å²) in [5.41, 5.74) is 1.72. The minimum atomic E-state index is -0.163. The molecule has 0 saturated carbocycles. The Hall–Kier alpha value is -2.37. The number of aryl methyl sites for hydroxylation is 1. The average molecular weight is 230 g/mol. The molecule has 6 heteroatoms. The third-order valence-corrected chi connectivity index (χ3v) is 2.65. The molecule has 6 nitrogen and oxygen atoms in total. The van der Waals surface area contributed by atoms with Gasteiger partial charge in [-0.2, -0.15) is 0 Å². The standard InChI is InChI=1S/C11H10N4O2/c1-14-9-10(13-5-4-12-9)15(11(14)16)8-2-6-17-7-3-8/h2-6H,7H2,1H3. The summed E-state index contributed by atoms with van der Waals surface area (Å²) in [4.78, 5) is 20.5. The normalized spacial score (nSPS) is 14.8. The van der Waals surface area contributed by atoms with E-state index in [1.54, 1.807) is 31.8 Å². The Kier molecular flexibility index (Phi) is 2.07.